The maximum absolute atomic E-state index is 5.77. The van der Waals surface area contributed by atoms with Gasteiger partial charge in [-0.15, -0.1) is 0 Å². The SMILES string of the molecule is COc1ccc(Br)cc1-c1cc2cccc[n+]2o1. The van der Waals surface area contributed by atoms with Crippen molar-refractivity contribution in [2.24, 2.45) is 0 Å². The second-order valence-electron chi connectivity index (χ2n) is 3.90. The van der Waals surface area contributed by atoms with Crippen LogP contribution in [0.25, 0.3) is 16.8 Å². The maximum atomic E-state index is 5.77. The van der Waals surface area contributed by atoms with Gasteiger partial charge < -0.3 is 4.74 Å². The summed E-state index contributed by atoms with van der Waals surface area (Å²) in [5, 5.41) is 0. The Bertz CT molecular complexity index is 673. The molecular formula is C14H11BrNO2+. The highest BCUT2D eigenvalue weighted by Gasteiger charge is 2.16. The standard InChI is InChI=1S/C14H11BrNO2/c1-17-13-6-5-10(15)8-12(13)14-9-11-4-2-3-7-16(11)18-14/h2-9H,1H3/q+1. The van der Waals surface area contributed by atoms with Crippen LogP contribution >= 0.6 is 15.9 Å². The minimum Gasteiger partial charge on any atom is -0.496 e. The summed E-state index contributed by atoms with van der Waals surface area (Å²) in [5.41, 5.74) is 1.94. The van der Waals surface area contributed by atoms with Crippen LogP contribution in [0.2, 0.25) is 0 Å². The minimum absolute atomic E-state index is 0.777. The summed E-state index contributed by atoms with van der Waals surface area (Å²) in [6.07, 6.45) is 1.88. The average molecular weight is 305 g/mol. The van der Waals surface area contributed by atoms with Gasteiger partial charge in [0.15, 0.2) is 0 Å². The second kappa shape index (κ2) is 4.46. The normalized spacial score (nSPS) is 10.8. The van der Waals surface area contributed by atoms with Crippen molar-refractivity contribution in [3.8, 4) is 17.1 Å². The van der Waals surface area contributed by atoms with E-state index in [0.29, 0.717) is 0 Å². The molecule has 2 heterocycles. The molecule has 0 fully saturated rings. The van der Waals surface area contributed by atoms with Gasteiger partial charge in [0.2, 0.25) is 12.0 Å². The number of hydrogen-bond donors (Lipinski definition) is 0. The molecule has 0 amide bonds. The zero-order valence-corrected chi connectivity index (χ0v) is 11.3. The predicted octanol–water partition coefficient (Wildman–Crippen LogP) is 3.46. The first-order chi connectivity index (χ1) is 8.78. The van der Waals surface area contributed by atoms with Gasteiger partial charge in [-0.05, 0) is 24.3 Å². The first-order valence-corrected chi connectivity index (χ1v) is 6.32. The fraction of sp³-hybridized carbons (Fsp3) is 0.0714. The molecule has 3 rings (SSSR count). The monoisotopic (exact) mass is 304 g/mol. The number of rotatable bonds is 2. The molecule has 0 N–H and O–H groups in total. The minimum atomic E-state index is 0.777. The van der Waals surface area contributed by atoms with E-state index in [9.17, 15) is 0 Å². The molecule has 1 aromatic carbocycles. The van der Waals surface area contributed by atoms with E-state index in [1.165, 1.54) is 0 Å². The fourth-order valence-corrected chi connectivity index (χ4v) is 2.26. The van der Waals surface area contributed by atoms with Crippen LogP contribution < -0.4 is 9.31 Å². The smallest absolute Gasteiger partial charge is 0.262 e. The molecule has 4 heteroatoms. The van der Waals surface area contributed by atoms with Gasteiger partial charge in [0.05, 0.1) is 18.7 Å². The zero-order chi connectivity index (χ0) is 12.5. The zero-order valence-electron chi connectivity index (χ0n) is 9.76. The number of methoxy groups -OCH3 is 1. The van der Waals surface area contributed by atoms with Crippen molar-refractivity contribution < 1.29 is 13.8 Å². The lowest BCUT2D eigenvalue weighted by molar-refractivity contribution is -0.714. The molecule has 0 saturated carbocycles. The number of nitrogens with zero attached hydrogens (tertiary/aromatic N) is 1. The van der Waals surface area contributed by atoms with E-state index in [1.807, 2.05) is 48.7 Å². The molecule has 3 nitrogen and oxygen atoms in total. The van der Waals surface area contributed by atoms with Crippen LogP contribution in [0.4, 0.5) is 0 Å². The molecule has 3 aromatic rings. The maximum Gasteiger partial charge on any atom is 0.262 e. The Hall–Kier alpha value is -1.81. The van der Waals surface area contributed by atoms with Gasteiger partial charge in [-0.3, -0.25) is 0 Å². The van der Waals surface area contributed by atoms with Gasteiger partial charge in [-0.2, -0.15) is 0 Å². The number of aromatic nitrogens is 1. The Morgan fingerprint density at radius 2 is 2.06 bits per heavy atom. The number of hydrogen-bond acceptors (Lipinski definition) is 2. The second-order valence-corrected chi connectivity index (χ2v) is 4.81. The molecule has 0 radical (unpaired) electrons. The summed E-state index contributed by atoms with van der Waals surface area (Å²) in [6, 6.07) is 13.7. The molecule has 0 aliphatic rings. The van der Waals surface area contributed by atoms with Crippen LogP contribution in [0.3, 0.4) is 0 Å². The lowest BCUT2D eigenvalue weighted by atomic mass is 10.1. The van der Waals surface area contributed by atoms with Gasteiger partial charge in [-0.25, -0.2) is 4.52 Å². The van der Waals surface area contributed by atoms with Crippen LogP contribution in [0.15, 0.2) is 57.7 Å². The van der Waals surface area contributed by atoms with E-state index in [0.717, 1.165) is 27.1 Å². The molecule has 0 aliphatic heterocycles. The molecule has 0 bridgehead atoms. The Morgan fingerprint density at radius 3 is 2.83 bits per heavy atom. The van der Waals surface area contributed by atoms with Gasteiger partial charge in [0.1, 0.15) is 5.75 Å². The van der Waals surface area contributed by atoms with Crippen molar-refractivity contribution in [2.75, 3.05) is 7.11 Å². The van der Waals surface area contributed by atoms with Crippen molar-refractivity contribution in [3.63, 3.8) is 0 Å². The molecule has 0 spiro atoms. The molecule has 0 aliphatic carbocycles. The molecule has 0 saturated heterocycles. The molecule has 2 aromatic heterocycles. The summed E-state index contributed by atoms with van der Waals surface area (Å²) in [6.45, 7) is 0. The van der Waals surface area contributed by atoms with Crippen LogP contribution in [0.1, 0.15) is 0 Å². The fourth-order valence-electron chi connectivity index (χ4n) is 1.90. The summed E-state index contributed by atoms with van der Waals surface area (Å²) in [5.74, 6) is 1.57. The lowest BCUT2D eigenvalue weighted by Crippen LogP contribution is -2.15. The Labute approximate surface area is 113 Å². The molecule has 0 atom stereocenters. The van der Waals surface area contributed by atoms with Crippen molar-refractivity contribution in [1.29, 1.82) is 0 Å². The predicted molar refractivity (Wildman–Crippen MR) is 71.6 cm³/mol. The Morgan fingerprint density at radius 1 is 1.17 bits per heavy atom. The highest BCUT2D eigenvalue weighted by Crippen LogP contribution is 2.32. The van der Waals surface area contributed by atoms with E-state index >= 15 is 0 Å². The summed E-state index contributed by atoms with van der Waals surface area (Å²) < 4.78 is 13.8. The number of fused-ring (bicyclic) bond motifs is 1. The topological polar surface area (TPSA) is 26.5 Å². The summed E-state index contributed by atoms with van der Waals surface area (Å²) in [4.78, 5) is 0. The van der Waals surface area contributed by atoms with Crippen molar-refractivity contribution in [2.45, 2.75) is 0 Å². The van der Waals surface area contributed by atoms with Crippen molar-refractivity contribution in [3.05, 3.63) is 53.1 Å². The third kappa shape index (κ3) is 1.88. The van der Waals surface area contributed by atoms with Gasteiger partial charge >= 0.3 is 0 Å². The van der Waals surface area contributed by atoms with E-state index < -0.39 is 0 Å². The number of halogens is 1. The van der Waals surface area contributed by atoms with E-state index in [2.05, 4.69) is 15.9 Å². The largest absolute Gasteiger partial charge is 0.496 e. The quantitative estimate of drug-likeness (QED) is 0.678. The van der Waals surface area contributed by atoms with Crippen LogP contribution in [0.5, 0.6) is 5.75 Å². The van der Waals surface area contributed by atoms with Gasteiger partial charge in [0, 0.05) is 21.2 Å². The van der Waals surface area contributed by atoms with Gasteiger partial charge in [-0.1, -0.05) is 15.9 Å². The summed E-state index contributed by atoms with van der Waals surface area (Å²) in [7, 11) is 1.66. The van der Waals surface area contributed by atoms with Crippen molar-refractivity contribution >= 4 is 21.4 Å². The Balaban J connectivity index is 2.22. The number of ether oxygens (including phenoxy) is 1. The molecule has 18 heavy (non-hydrogen) atoms. The molecule has 90 valence electrons. The van der Waals surface area contributed by atoms with Crippen LogP contribution in [-0.4, -0.2) is 7.11 Å². The van der Waals surface area contributed by atoms with E-state index in [-0.39, 0.29) is 0 Å². The van der Waals surface area contributed by atoms with E-state index in [1.54, 1.807) is 11.7 Å². The lowest BCUT2D eigenvalue weighted by Gasteiger charge is -2.04. The summed E-state index contributed by atoms with van der Waals surface area (Å²) >= 11 is 3.46. The first-order valence-electron chi connectivity index (χ1n) is 5.52. The average Bonchev–Trinajstić information content (AvgIpc) is 2.82. The van der Waals surface area contributed by atoms with Crippen LogP contribution in [0, 0.1) is 0 Å². The molecule has 0 unspecified atom stereocenters. The number of benzene rings is 1. The van der Waals surface area contributed by atoms with Crippen LogP contribution in [-0.2, 0) is 0 Å². The van der Waals surface area contributed by atoms with Crippen molar-refractivity contribution in [1.82, 2.24) is 0 Å². The van der Waals surface area contributed by atoms with E-state index in [4.69, 9.17) is 9.26 Å². The third-order valence-corrected chi connectivity index (χ3v) is 3.25. The Kier molecular flexibility index (Phi) is 2.80. The highest BCUT2D eigenvalue weighted by atomic mass is 79.9. The molecular weight excluding hydrogens is 294 g/mol. The highest BCUT2D eigenvalue weighted by molar-refractivity contribution is 9.10. The number of pyridine rings is 1. The first kappa shape index (κ1) is 11.3. The van der Waals surface area contributed by atoms with Gasteiger partial charge in [0.25, 0.3) is 5.52 Å². The third-order valence-electron chi connectivity index (χ3n) is 2.76.